The first-order valence-electron chi connectivity index (χ1n) is 16.3. The lowest BCUT2D eigenvalue weighted by molar-refractivity contribution is -0.140. The van der Waals surface area contributed by atoms with Crippen molar-refractivity contribution in [2.75, 3.05) is 26.2 Å². The molecule has 2 heterocycles. The molecule has 4 rings (SSSR count). The summed E-state index contributed by atoms with van der Waals surface area (Å²) in [6.45, 7) is 9.08. The number of carbonyl (C=O) groups is 3. The number of aryl methyl sites for hydroxylation is 1. The maximum absolute atomic E-state index is 13.6. The largest absolute Gasteiger partial charge is 0.392 e. The van der Waals surface area contributed by atoms with Gasteiger partial charge in [-0.15, -0.1) is 0 Å². The third-order valence-electron chi connectivity index (χ3n) is 8.95. The zero-order valence-corrected chi connectivity index (χ0v) is 27.2. The SMILES string of the molecule is CC1CCC(O)C1NC(=O)C(Cc1ccccc1)CC(O)CN1CCN(C(=O)CCc2cccnc2)CC1C(=O)NC(C)(C)C. The topological polar surface area (TPSA) is 135 Å². The molecule has 1 saturated heterocycles. The van der Waals surface area contributed by atoms with Crippen molar-refractivity contribution in [3.63, 3.8) is 0 Å². The summed E-state index contributed by atoms with van der Waals surface area (Å²) in [6, 6.07) is 12.6. The van der Waals surface area contributed by atoms with Crippen molar-refractivity contribution in [1.29, 1.82) is 0 Å². The molecule has 0 bridgehead atoms. The number of pyridine rings is 1. The third kappa shape index (κ3) is 10.3. The fourth-order valence-corrected chi connectivity index (χ4v) is 6.47. The minimum Gasteiger partial charge on any atom is -0.392 e. The zero-order chi connectivity index (χ0) is 32.6. The van der Waals surface area contributed by atoms with Gasteiger partial charge in [0.1, 0.15) is 6.04 Å². The van der Waals surface area contributed by atoms with Gasteiger partial charge >= 0.3 is 0 Å². The first-order chi connectivity index (χ1) is 21.4. The highest BCUT2D eigenvalue weighted by atomic mass is 16.3. The number of carbonyl (C=O) groups excluding carboxylic acids is 3. The Kier molecular flexibility index (Phi) is 12.1. The Labute approximate surface area is 267 Å². The average molecular weight is 622 g/mol. The lowest BCUT2D eigenvalue weighted by atomic mass is 9.91. The summed E-state index contributed by atoms with van der Waals surface area (Å²) >= 11 is 0. The molecule has 2 aromatic rings. The Morgan fingerprint density at radius 3 is 2.42 bits per heavy atom. The smallest absolute Gasteiger partial charge is 0.239 e. The predicted molar refractivity (Wildman–Crippen MR) is 173 cm³/mol. The molecule has 246 valence electrons. The van der Waals surface area contributed by atoms with Crippen molar-refractivity contribution in [3.05, 3.63) is 66.0 Å². The van der Waals surface area contributed by atoms with Gasteiger partial charge in [0.15, 0.2) is 0 Å². The molecule has 2 aliphatic rings. The van der Waals surface area contributed by atoms with Crippen LogP contribution in [0, 0.1) is 11.8 Å². The number of β-amino-alcohol motifs (C(OH)–C–C–N with tert-alkyl or cyclic N) is 1. The number of benzene rings is 1. The summed E-state index contributed by atoms with van der Waals surface area (Å²) in [6.07, 6.45) is 5.08. The maximum atomic E-state index is 13.6. The Hall–Kier alpha value is -3.34. The van der Waals surface area contributed by atoms with E-state index in [1.807, 2.05) is 75.1 Å². The second-order valence-corrected chi connectivity index (χ2v) is 13.9. The molecular weight excluding hydrogens is 570 g/mol. The van der Waals surface area contributed by atoms with E-state index in [1.165, 1.54) is 0 Å². The minimum atomic E-state index is -0.881. The van der Waals surface area contributed by atoms with Gasteiger partial charge in [-0.25, -0.2) is 0 Å². The number of hydrogen-bond donors (Lipinski definition) is 4. The van der Waals surface area contributed by atoms with E-state index in [-0.39, 0.29) is 49.2 Å². The van der Waals surface area contributed by atoms with E-state index >= 15 is 0 Å². The number of rotatable bonds is 12. The van der Waals surface area contributed by atoms with Gasteiger partial charge in [-0.3, -0.25) is 24.3 Å². The molecule has 1 aliphatic carbocycles. The molecule has 3 amide bonds. The molecule has 6 atom stereocenters. The van der Waals surface area contributed by atoms with Crippen LogP contribution in [0.5, 0.6) is 0 Å². The zero-order valence-electron chi connectivity index (χ0n) is 27.2. The molecule has 10 nitrogen and oxygen atoms in total. The molecule has 2 fully saturated rings. The van der Waals surface area contributed by atoms with Gasteiger partial charge in [0, 0.05) is 56.5 Å². The van der Waals surface area contributed by atoms with E-state index < -0.39 is 29.7 Å². The van der Waals surface area contributed by atoms with Gasteiger partial charge in [-0.1, -0.05) is 43.3 Å². The quantitative estimate of drug-likeness (QED) is 0.286. The third-order valence-corrected chi connectivity index (χ3v) is 8.95. The van der Waals surface area contributed by atoms with E-state index in [0.717, 1.165) is 17.5 Å². The average Bonchev–Trinajstić information content (AvgIpc) is 3.32. The molecular formula is C35H51N5O5. The highest BCUT2D eigenvalue weighted by Crippen LogP contribution is 2.27. The number of aliphatic hydroxyl groups excluding tert-OH is 2. The molecule has 45 heavy (non-hydrogen) atoms. The summed E-state index contributed by atoms with van der Waals surface area (Å²) in [5.41, 5.74) is 1.51. The monoisotopic (exact) mass is 621 g/mol. The first kappa shape index (κ1) is 34.5. The van der Waals surface area contributed by atoms with Crippen LogP contribution in [0.15, 0.2) is 54.9 Å². The lowest BCUT2D eigenvalue weighted by Crippen LogP contribution is -2.63. The summed E-state index contributed by atoms with van der Waals surface area (Å²) in [5, 5.41) is 28.0. The molecule has 1 aromatic carbocycles. The van der Waals surface area contributed by atoms with Crippen LogP contribution in [-0.2, 0) is 27.2 Å². The molecule has 4 N–H and O–H groups in total. The van der Waals surface area contributed by atoms with E-state index in [2.05, 4.69) is 15.6 Å². The molecule has 1 saturated carbocycles. The van der Waals surface area contributed by atoms with Crippen LogP contribution < -0.4 is 10.6 Å². The normalized spacial score (nSPS) is 23.7. The predicted octanol–water partition coefficient (Wildman–Crippen LogP) is 2.33. The highest BCUT2D eigenvalue weighted by Gasteiger charge is 2.38. The van der Waals surface area contributed by atoms with E-state index in [4.69, 9.17) is 0 Å². The fraction of sp³-hybridized carbons (Fsp3) is 0.600. The van der Waals surface area contributed by atoms with Gasteiger partial charge < -0.3 is 25.7 Å². The number of nitrogens with one attached hydrogen (secondary N) is 2. The van der Waals surface area contributed by atoms with Crippen molar-refractivity contribution < 1.29 is 24.6 Å². The Balaban J connectivity index is 1.43. The number of piperazine rings is 1. The summed E-state index contributed by atoms with van der Waals surface area (Å²) in [5.74, 6) is -0.726. The number of hydrogen-bond acceptors (Lipinski definition) is 7. The van der Waals surface area contributed by atoms with Crippen LogP contribution in [0.3, 0.4) is 0 Å². The van der Waals surface area contributed by atoms with Crippen molar-refractivity contribution in [2.45, 2.75) is 96.1 Å². The van der Waals surface area contributed by atoms with Crippen LogP contribution in [0.2, 0.25) is 0 Å². The van der Waals surface area contributed by atoms with Crippen molar-refractivity contribution >= 4 is 17.7 Å². The van der Waals surface area contributed by atoms with Gasteiger partial charge in [0.2, 0.25) is 17.7 Å². The van der Waals surface area contributed by atoms with Crippen LogP contribution in [-0.4, -0.2) is 98.7 Å². The Bertz CT molecular complexity index is 1240. The summed E-state index contributed by atoms with van der Waals surface area (Å²) in [4.78, 5) is 48.1. The Morgan fingerprint density at radius 1 is 1.04 bits per heavy atom. The number of aliphatic hydroxyl groups is 2. The molecule has 6 unspecified atom stereocenters. The molecule has 0 spiro atoms. The summed E-state index contributed by atoms with van der Waals surface area (Å²) < 4.78 is 0. The van der Waals surface area contributed by atoms with Gasteiger partial charge in [0.25, 0.3) is 0 Å². The van der Waals surface area contributed by atoms with Crippen molar-refractivity contribution in [2.24, 2.45) is 11.8 Å². The molecule has 1 aliphatic heterocycles. The Morgan fingerprint density at radius 2 is 1.78 bits per heavy atom. The first-order valence-corrected chi connectivity index (χ1v) is 16.3. The van der Waals surface area contributed by atoms with Crippen molar-refractivity contribution in [1.82, 2.24) is 25.4 Å². The van der Waals surface area contributed by atoms with Gasteiger partial charge in [0.05, 0.1) is 18.2 Å². The van der Waals surface area contributed by atoms with Crippen molar-refractivity contribution in [3.8, 4) is 0 Å². The standard InChI is InChI=1S/C35H51N5O5/c1-24-12-14-30(42)32(24)37-33(44)27(19-25-9-6-5-7-10-25)20-28(41)22-39-17-18-40(23-29(39)34(45)38-35(2,3)4)31(43)15-13-26-11-8-16-36-21-26/h5-11,16,21,24,27-30,32,41-42H,12-15,17-20,22-23H2,1-4H3,(H,37,44)(H,38,45). The van der Waals surface area contributed by atoms with Gasteiger partial charge in [-0.2, -0.15) is 0 Å². The fourth-order valence-electron chi connectivity index (χ4n) is 6.47. The van der Waals surface area contributed by atoms with Crippen LogP contribution in [0.25, 0.3) is 0 Å². The summed E-state index contributed by atoms with van der Waals surface area (Å²) in [7, 11) is 0. The second-order valence-electron chi connectivity index (χ2n) is 13.9. The van der Waals surface area contributed by atoms with Crippen LogP contribution >= 0.6 is 0 Å². The number of amides is 3. The molecule has 0 radical (unpaired) electrons. The minimum absolute atomic E-state index is 0.0180. The van der Waals surface area contributed by atoms with Crippen LogP contribution in [0.1, 0.15) is 64.5 Å². The lowest BCUT2D eigenvalue weighted by Gasteiger charge is -2.42. The molecule has 10 heteroatoms. The maximum Gasteiger partial charge on any atom is 0.239 e. The van der Waals surface area contributed by atoms with Gasteiger partial charge in [-0.05, 0) is 76.0 Å². The van der Waals surface area contributed by atoms with Crippen LogP contribution in [0.4, 0.5) is 0 Å². The molecule has 1 aromatic heterocycles. The second kappa shape index (κ2) is 15.8. The van der Waals surface area contributed by atoms with E-state index in [9.17, 15) is 24.6 Å². The number of aromatic nitrogens is 1. The number of nitrogens with zero attached hydrogens (tertiary/aromatic N) is 3. The highest BCUT2D eigenvalue weighted by molar-refractivity contribution is 5.84. The van der Waals surface area contributed by atoms with E-state index in [1.54, 1.807) is 17.3 Å². The van der Waals surface area contributed by atoms with E-state index in [0.29, 0.717) is 38.8 Å².